The van der Waals surface area contributed by atoms with E-state index >= 15 is 0 Å². The average Bonchev–Trinajstić information content (AvgIpc) is 2.43. The van der Waals surface area contributed by atoms with Gasteiger partial charge in [0.25, 0.3) is 0 Å². The zero-order valence-corrected chi connectivity index (χ0v) is 11.6. The average molecular weight is 266 g/mol. The first-order valence-electron chi connectivity index (χ1n) is 5.79. The molecule has 0 aliphatic rings. The summed E-state index contributed by atoms with van der Waals surface area (Å²) in [5, 5.41) is 0. The Morgan fingerprint density at radius 2 is 2.00 bits per heavy atom. The lowest BCUT2D eigenvalue weighted by atomic mass is 9.95. The molecule has 0 atom stereocenters. The van der Waals surface area contributed by atoms with E-state index in [4.69, 9.17) is 14.2 Å². The second-order valence-electron chi connectivity index (χ2n) is 4.66. The zero-order valence-electron chi connectivity index (χ0n) is 11.6. The topological polar surface area (TPSA) is 61.8 Å². The number of rotatable bonds is 6. The molecule has 5 nitrogen and oxygen atoms in total. The molecule has 0 saturated carbocycles. The quantitative estimate of drug-likeness (QED) is 0.582. The highest BCUT2D eigenvalue weighted by Gasteiger charge is 2.30. The first kappa shape index (κ1) is 15.0. The van der Waals surface area contributed by atoms with E-state index in [0.717, 1.165) is 0 Å². The summed E-state index contributed by atoms with van der Waals surface area (Å²) in [5.41, 5.74) is -0.435. The molecule has 0 amide bonds. The summed E-state index contributed by atoms with van der Waals surface area (Å²) in [7, 11) is 2.81. The van der Waals surface area contributed by atoms with E-state index in [1.807, 2.05) is 0 Å². The van der Waals surface area contributed by atoms with Crippen LogP contribution < -0.4 is 9.47 Å². The maximum Gasteiger partial charge on any atom is 0.314 e. The molecular weight excluding hydrogens is 248 g/mol. The molecule has 0 heterocycles. The summed E-state index contributed by atoms with van der Waals surface area (Å²) in [6, 6.07) is 5.00. The summed E-state index contributed by atoms with van der Waals surface area (Å²) < 4.78 is 15.4. The number of aldehydes is 1. The number of carbonyl (C=O) groups is 2. The van der Waals surface area contributed by atoms with Crippen LogP contribution in [0, 0.1) is 5.41 Å². The molecule has 0 aliphatic carbocycles. The Balaban J connectivity index is 2.94. The molecule has 0 aromatic heterocycles. The number of hydrogen-bond acceptors (Lipinski definition) is 5. The molecule has 0 N–H and O–H groups in total. The lowest BCUT2D eigenvalue weighted by Gasteiger charge is -2.22. The maximum absolute atomic E-state index is 11.6. The van der Waals surface area contributed by atoms with Crippen LogP contribution in [-0.4, -0.2) is 33.1 Å². The predicted octanol–water partition coefficient (Wildman–Crippen LogP) is 2.09. The van der Waals surface area contributed by atoms with E-state index in [9.17, 15) is 9.59 Å². The van der Waals surface area contributed by atoms with Crippen LogP contribution in [0.25, 0.3) is 0 Å². The Morgan fingerprint density at radius 1 is 1.32 bits per heavy atom. The number of ether oxygens (including phenoxy) is 3. The van der Waals surface area contributed by atoms with Crippen molar-refractivity contribution in [1.82, 2.24) is 0 Å². The second kappa shape index (κ2) is 6.22. The van der Waals surface area contributed by atoms with Crippen LogP contribution in [0.2, 0.25) is 0 Å². The van der Waals surface area contributed by atoms with Crippen LogP contribution in [0.3, 0.4) is 0 Å². The van der Waals surface area contributed by atoms with Crippen molar-refractivity contribution in [2.45, 2.75) is 13.8 Å². The summed E-state index contributed by atoms with van der Waals surface area (Å²) in [6.45, 7) is 3.49. The molecule has 5 heteroatoms. The second-order valence-corrected chi connectivity index (χ2v) is 4.66. The molecule has 19 heavy (non-hydrogen) atoms. The fourth-order valence-corrected chi connectivity index (χ4v) is 1.53. The van der Waals surface area contributed by atoms with Gasteiger partial charge in [-0.2, -0.15) is 0 Å². The van der Waals surface area contributed by atoms with Gasteiger partial charge in [-0.3, -0.25) is 9.59 Å². The highest BCUT2D eigenvalue weighted by molar-refractivity contribution is 5.81. The normalized spacial score (nSPS) is 10.7. The molecule has 1 aromatic rings. The monoisotopic (exact) mass is 266 g/mol. The Morgan fingerprint density at radius 3 is 2.53 bits per heavy atom. The SMILES string of the molecule is COC(=O)C(C)(C)COc1c(C=O)cccc1OC. The van der Waals surface area contributed by atoms with Crippen molar-refractivity contribution < 1.29 is 23.8 Å². The van der Waals surface area contributed by atoms with Crippen LogP contribution in [0.1, 0.15) is 24.2 Å². The van der Waals surface area contributed by atoms with Gasteiger partial charge in [-0.05, 0) is 26.0 Å². The van der Waals surface area contributed by atoms with E-state index in [-0.39, 0.29) is 12.6 Å². The number of benzene rings is 1. The van der Waals surface area contributed by atoms with Gasteiger partial charge in [0.2, 0.25) is 0 Å². The minimum atomic E-state index is -0.810. The van der Waals surface area contributed by atoms with Crippen LogP contribution in [0.5, 0.6) is 11.5 Å². The minimum Gasteiger partial charge on any atom is -0.493 e. The van der Waals surface area contributed by atoms with Gasteiger partial charge in [0.05, 0.1) is 25.2 Å². The van der Waals surface area contributed by atoms with Crippen molar-refractivity contribution in [3.8, 4) is 11.5 Å². The van der Waals surface area contributed by atoms with Crippen LogP contribution in [0.4, 0.5) is 0 Å². The molecule has 1 aromatic carbocycles. The van der Waals surface area contributed by atoms with Gasteiger partial charge in [-0.15, -0.1) is 0 Å². The van der Waals surface area contributed by atoms with Gasteiger partial charge in [0, 0.05) is 0 Å². The fourth-order valence-electron chi connectivity index (χ4n) is 1.53. The molecular formula is C14H18O5. The first-order chi connectivity index (χ1) is 8.96. The summed E-state index contributed by atoms with van der Waals surface area (Å²) in [6.07, 6.45) is 0.684. The maximum atomic E-state index is 11.6. The summed E-state index contributed by atoms with van der Waals surface area (Å²) in [5.74, 6) is 0.400. The van der Waals surface area contributed by atoms with Gasteiger partial charge < -0.3 is 14.2 Å². The van der Waals surface area contributed by atoms with Gasteiger partial charge in [-0.25, -0.2) is 0 Å². The third kappa shape index (κ3) is 3.47. The molecule has 1 rings (SSSR count). The fraction of sp³-hybridized carbons (Fsp3) is 0.429. The minimum absolute atomic E-state index is 0.0842. The first-order valence-corrected chi connectivity index (χ1v) is 5.79. The standard InChI is InChI=1S/C14H18O5/c1-14(2,13(16)18-4)9-19-12-10(8-15)6-5-7-11(12)17-3/h5-8H,9H2,1-4H3. The number of methoxy groups -OCH3 is 2. The molecule has 0 bridgehead atoms. The van der Waals surface area contributed by atoms with Gasteiger partial charge in [0.1, 0.15) is 6.61 Å². The van der Waals surface area contributed by atoms with E-state index in [1.165, 1.54) is 14.2 Å². The van der Waals surface area contributed by atoms with Gasteiger partial charge in [0.15, 0.2) is 17.8 Å². The molecule has 0 spiro atoms. The molecule has 0 fully saturated rings. The van der Waals surface area contributed by atoms with Gasteiger partial charge in [-0.1, -0.05) is 6.07 Å². The highest BCUT2D eigenvalue weighted by Crippen LogP contribution is 2.31. The third-order valence-corrected chi connectivity index (χ3v) is 2.67. The number of esters is 1. The van der Waals surface area contributed by atoms with E-state index in [1.54, 1.807) is 32.0 Å². The Kier molecular flexibility index (Phi) is 4.92. The summed E-state index contributed by atoms with van der Waals surface area (Å²) in [4.78, 5) is 22.5. The zero-order chi connectivity index (χ0) is 14.5. The van der Waals surface area contributed by atoms with E-state index < -0.39 is 5.41 Å². The largest absolute Gasteiger partial charge is 0.493 e. The molecule has 104 valence electrons. The van der Waals surface area contributed by atoms with E-state index in [0.29, 0.717) is 23.3 Å². The molecule has 0 unspecified atom stereocenters. The lowest BCUT2D eigenvalue weighted by molar-refractivity contribution is -0.152. The lowest BCUT2D eigenvalue weighted by Crippen LogP contribution is -2.32. The third-order valence-electron chi connectivity index (χ3n) is 2.67. The predicted molar refractivity (Wildman–Crippen MR) is 69.7 cm³/mol. The van der Waals surface area contributed by atoms with Crippen molar-refractivity contribution in [2.24, 2.45) is 5.41 Å². The Bertz CT molecular complexity index is 465. The number of carbonyl (C=O) groups excluding carboxylic acids is 2. The number of para-hydroxylation sites is 1. The van der Waals surface area contributed by atoms with Crippen molar-refractivity contribution in [1.29, 1.82) is 0 Å². The molecule has 0 aliphatic heterocycles. The van der Waals surface area contributed by atoms with Crippen LogP contribution in [-0.2, 0) is 9.53 Å². The van der Waals surface area contributed by atoms with Crippen molar-refractivity contribution >= 4 is 12.3 Å². The Labute approximate surface area is 112 Å². The van der Waals surface area contributed by atoms with Crippen molar-refractivity contribution in [3.05, 3.63) is 23.8 Å². The summed E-state index contributed by atoms with van der Waals surface area (Å²) >= 11 is 0. The smallest absolute Gasteiger partial charge is 0.314 e. The van der Waals surface area contributed by atoms with Crippen LogP contribution in [0.15, 0.2) is 18.2 Å². The van der Waals surface area contributed by atoms with Crippen LogP contribution >= 0.6 is 0 Å². The molecule has 0 radical (unpaired) electrons. The van der Waals surface area contributed by atoms with Crippen molar-refractivity contribution in [2.75, 3.05) is 20.8 Å². The molecule has 0 saturated heterocycles. The number of hydrogen-bond donors (Lipinski definition) is 0. The van der Waals surface area contributed by atoms with E-state index in [2.05, 4.69) is 0 Å². The van der Waals surface area contributed by atoms with Crippen molar-refractivity contribution in [3.63, 3.8) is 0 Å². The Hall–Kier alpha value is -2.04. The van der Waals surface area contributed by atoms with Gasteiger partial charge >= 0.3 is 5.97 Å². The highest BCUT2D eigenvalue weighted by atomic mass is 16.5.